The Morgan fingerprint density at radius 3 is 2.76 bits per heavy atom. The summed E-state index contributed by atoms with van der Waals surface area (Å²) in [5, 5.41) is -0.375. The third kappa shape index (κ3) is 5.04. The molecule has 1 aliphatic rings. The summed E-state index contributed by atoms with van der Waals surface area (Å²) in [6.45, 7) is 3.00. The number of benzene rings is 2. The molecule has 6 nitrogen and oxygen atoms in total. The van der Waals surface area contributed by atoms with E-state index in [0.29, 0.717) is 18.9 Å². The number of thioether (sulfide) groups is 1. The molecular weight excluding hydrogens is 386 g/mol. The summed E-state index contributed by atoms with van der Waals surface area (Å²) in [7, 11) is 5.50. The Hall–Kier alpha value is -2.22. The zero-order valence-corrected chi connectivity index (χ0v) is 18.1. The number of likely N-dealkylation sites (N-methyl/N-ethyl adjacent to an activating group) is 2. The summed E-state index contributed by atoms with van der Waals surface area (Å²) in [4.78, 5) is 18.1. The second kappa shape index (κ2) is 10.0. The molecule has 1 aliphatic heterocycles. The van der Waals surface area contributed by atoms with Crippen molar-refractivity contribution in [2.45, 2.75) is 16.6 Å². The van der Waals surface area contributed by atoms with Gasteiger partial charge in [-0.05, 0) is 43.8 Å². The number of hydrogen-bond donors (Lipinski definition) is 1. The van der Waals surface area contributed by atoms with Crippen LogP contribution in [0.15, 0.2) is 47.4 Å². The number of rotatable bonds is 9. The van der Waals surface area contributed by atoms with Crippen molar-refractivity contribution >= 4 is 23.4 Å². The van der Waals surface area contributed by atoms with E-state index in [2.05, 4.69) is 11.9 Å². The molecule has 2 aromatic rings. The SMILES string of the molecule is COc1ccc(OCCCN(C)CCN)c(C2Sc3ccccc3N(C)C2=O)c1. The lowest BCUT2D eigenvalue weighted by atomic mass is 10.1. The van der Waals surface area contributed by atoms with Crippen LogP contribution in [0.5, 0.6) is 11.5 Å². The van der Waals surface area contributed by atoms with Gasteiger partial charge >= 0.3 is 0 Å². The Balaban J connectivity index is 1.80. The molecule has 0 bridgehead atoms. The van der Waals surface area contributed by atoms with Gasteiger partial charge in [0.2, 0.25) is 5.91 Å². The zero-order chi connectivity index (χ0) is 20.8. The van der Waals surface area contributed by atoms with E-state index in [1.807, 2.05) is 49.5 Å². The quantitative estimate of drug-likeness (QED) is 0.635. The number of carbonyl (C=O) groups is 1. The summed E-state index contributed by atoms with van der Waals surface area (Å²) in [6.07, 6.45) is 0.885. The first-order chi connectivity index (χ1) is 14.0. The van der Waals surface area contributed by atoms with E-state index in [4.69, 9.17) is 15.2 Å². The van der Waals surface area contributed by atoms with Crippen molar-refractivity contribution < 1.29 is 14.3 Å². The Kier molecular flexibility index (Phi) is 7.41. The molecule has 1 amide bonds. The van der Waals surface area contributed by atoms with Crippen molar-refractivity contribution in [3.05, 3.63) is 48.0 Å². The Bertz CT molecular complexity index is 846. The van der Waals surface area contributed by atoms with Crippen LogP contribution in [0.1, 0.15) is 17.2 Å². The number of methoxy groups -OCH3 is 1. The summed E-state index contributed by atoms with van der Waals surface area (Å²) in [6, 6.07) is 13.6. The van der Waals surface area contributed by atoms with Crippen molar-refractivity contribution in [2.75, 3.05) is 52.3 Å². The number of anilines is 1. The van der Waals surface area contributed by atoms with Crippen LogP contribution in [0.3, 0.4) is 0 Å². The number of fused-ring (bicyclic) bond motifs is 1. The Labute approximate surface area is 177 Å². The lowest BCUT2D eigenvalue weighted by Crippen LogP contribution is -2.33. The molecule has 7 heteroatoms. The van der Waals surface area contributed by atoms with Crippen molar-refractivity contribution in [2.24, 2.45) is 5.73 Å². The zero-order valence-electron chi connectivity index (χ0n) is 17.3. The van der Waals surface area contributed by atoms with Crippen molar-refractivity contribution in [3.8, 4) is 11.5 Å². The van der Waals surface area contributed by atoms with E-state index in [-0.39, 0.29) is 11.2 Å². The van der Waals surface area contributed by atoms with E-state index >= 15 is 0 Å². The monoisotopic (exact) mass is 415 g/mol. The molecule has 1 atom stereocenters. The molecule has 29 heavy (non-hydrogen) atoms. The molecule has 2 aromatic carbocycles. The summed E-state index contributed by atoms with van der Waals surface area (Å²) < 4.78 is 11.5. The Morgan fingerprint density at radius 1 is 1.21 bits per heavy atom. The van der Waals surface area contributed by atoms with Gasteiger partial charge in [-0.15, -0.1) is 11.8 Å². The number of amides is 1. The van der Waals surface area contributed by atoms with Crippen LogP contribution in [-0.2, 0) is 4.79 Å². The highest BCUT2D eigenvalue weighted by molar-refractivity contribution is 8.00. The predicted molar refractivity (Wildman–Crippen MR) is 118 cm³/mol. The van der Waals surface area contributed by atoms with Gasteiger partial charge in [0, 0.05) is 37.1 Å². The molecule has 3 rings (SSSR count). The smallest absolute Gasteiger partial charge is 0.244 e. The number of hydrogen-bond acceptors (Lipinski definition) is 6. The third-order valence-electron chi connectivity index (χ3n) is 4.98. The van der Waals surface area contributed by atoms with Gasteiger partial charge in [-0.3, -0.25) is 4.79 Å². The number of nitrogens with zero attached hydrogens (tertiary/aromatic N) is 2. The maximum absolute atomic E-state index is 13.1. The first kappa shape index (κ1) is 21.5. The highest BCUT2D eigenvalue weighted by atomic mass is 32.2. The molecule has 0 saturated carbocycles. The van der Waals surface area contributed by atoms with Gasteiger partial charge in [0.1, 0.15) is 16.7 Å². The van der Waals surface area contributed by atoms with Gasteiger partial charge in [-0.25, -0.2) is 0 Å². The first-order valence-electron chi connectivity index (χ1n) is 9.77. The number of nitrogens with two attached hydrogens (primary N) is 1. The van der Waals surface area contributed by atoms with Gasteiger partial charge in [0.15, 0.2) is 0 Å². The fourth-order valence-corrected chi connectivity index (χ4v) is 4.65. The van der Waals surface area contributed by atoms with Crippen molar-refractivity contribution in [3.63, 3.8) is 0 Å². The largest absolute Gasteiger partial charge is 0.497 e. The molecular formula is C22H29N3O3S. The molecule has 0 aromatic heterocycles. The number of ether oxygens (including phenoxy) is 2. The lowest BCUT2D eigenvalue weighted by Gasteiger charge is -2.32. The average molecular weight is 416 g/mol. The second-order valence-corrected chi connectivity index (χ2v) is 8.21. The molecule has 156 valence electrons. The van der Waals surface area contributed by atoms with E-state index in [9.17, 15) is 4.79 Å². The van der Waals surface area contributed by atoms with Gasteiger partial charge < -0.3 is 25.0 Å². The fourth-order valence-electron chi connectivity index (χ4n) is 3.34. The van der Waals surface area contributed by atoms with E-state index in [1.54, 1.807) is 23.8 Å². The summed E-state index contributed by atoms with van der Waals surface area (Å²) in [5.41, 5.74) is 7.37. The van der Waals surface area contributed by atoms with Crippen LogP contribution < -0.4 is 20.1 Å². The maximum atomic E-state index is 13.1. The molecule has 0 spiro atoms. The number of para-hydroxylation sites is 1. The normalized spacial score (nSPS) is 16.1. The van der Waals surface area contributed by atoms with Crippen LogP contribution in [0, 0.1) is 0 Å². The molecule has 2 N–H and O–H groups in total. The Morgan fingerprint density at radius 2 is 2.00 bits per heavy atom. The number of carbonyl (C=O) groups excluding carboxylic acids is 1. The molecule has 0 radical (unpaired) electrons. The highest BCUT2D eigenvalue weighted by Gasteiger charge is 2.34. The molecule has 1 unspecified atom stereocenters. The van der Waals surface area contributed by atoms with E-state index in [0.717, 1.165) is 41.4 Å². The van der Waals surface area contributed by atoms with Crippen LogP contribution in [-0.4, -0.2) is 58.3 Å². The van der Waals surface area contributed by atoms with Crippen LogP contribution in [0.4, 0.5) is 5.69 Å². The predicted octanol–water partition coefficient (Wildman–Crippen LogP) is 3.16. The molecule has 0 saturated heterocycles. The third-order valence-corrected chi connectivity index (χ3v) is 6.27. The summed E-state index contributed by atoms with van der Waals surface area (Å²) in [5.74, 6) is 1.48. The molecule has 0 aliphatic carbocycles. The van der Waals surface area contributed by atoms with Crippen LogP contribution >= 0.6 is 11.8 Å². The van der Waals surface area contributed by atoms with Crippen molar-refractivity contribution in [1.82, 2.24) is 4.90 Å². The minimum Gasteiger partial charge on any atom is -0.497 e. The molecule has 1 heterocycles. The average Bonchev–Trinajstić information content (AvgIpc) is 2.74. The van der Waals surface area contributed by atoms with Gasteiger partial charge in [-0.1, -0.05) is 12.1 Å². The van der Waals surface area contributed by atoms with Gasteiger partial charge in [-0.2, -0.15) is 0 Å². The van der Waals surface area contributed by atoms with Crippen LogP contribution in [0.25, 0.3) is 0 Å². The van der Waals surface area contributed by atoms with E-state index in [1.165, 1.54) is 0 Å². The second-order valence-electron chi connectivity index (χ2n) is 7.06. The maximum Gasteiger partial charge on any atom is 0.244 e. The minimum absolute atomic E-state index is 0.0366. The minimum atomic E-state index is -0.375. The van der Waals surface area contributed by atoms with E-state index < -0.39 is 0 Å². The standard InChI is InChI=1S/C22H29N3O3S/c1-24(13-11-23)12-6-14-28-19-10-9-16(27-3)15-17(19)21-22(26)25(2)18-7-4-5-8-20(18)29-21/h4-5,7-10,15,21H,6,11-14,23H2,1-3H3. The first-order valence-corrected chi connectivity index (χ1v) is 10.7. The topological polar surface area (TPSA) is 68.0 Å². The van der Waals surface area contributed by atoms with Crippen molar-refractivity contribution in [1.29, 1.82) is 0 Å². The fraction of sp³-hybridized carbons (Fsp3) is 0.409. The lowest BCUT2D eigenvalue weighted by molar-refractivity contribution is -0.118. The van der Waals surface area contributed by atoms with Crippen LogP contribution in [0.2, 0.25) is 0 Å². The van der Waals surface area contributed by atoms with Gasteiger partial charge in [0.05, 0.1) is 19.4 Å². The molecule has 0 fully saturated rings. The summed E-state index contributed by atoms with van der Waals surface area (Å²) >= 11 is 1.56. The van der Waals surface area contributed by atoms with Gasteiger partial charge in [0.25, 0.3) is 0 Å². The highest BCUT2D eigenvalue weighted by Crippen LogP contribution is 2.48.